The number of piperidine rings is 1. The fourth-order valence-electron chi connectivity index (χ4n) is 3.70. The number of benzene rings is 2. The van der Waals surface area contributed by atoms with E-state index in [-0.39, 0.29) is 12.6 Å². The van der Waals surface area contributed by atoms with Crippen LogP contribution in [0.15, 0.2) is 54.6 Å². The largest absolute Gasteiger partial charge is 0.399 e. The fourth-order valence-corrected chi connectivity index (χ4v) is 3.70. The molecule has 3 heteroatoms. The van der Waals surface area contributed by atoms with Crippen molar-refractivity contribution in [2.45, 2.75) is 31.7 Å². The quantitative estimate of drug-likeness (QED) is 0.803. The van der Waals surface area contributed by atoms with Crippen LogP contribution < -0.4 is 5.73 Å². The molecule has 3 N–H and O–H groups in total. The zero-order valence-electron chi connectivity index (χ0n) is 14.3. The van der Waals surface area contributed by atoms with Gasteiger partial charge in [-0.05, 0) is 68.0 Å². The van der Waals surface area contributed by atoms with E-state index >= 15 is 0 Å². The molecule has 1 heterocycles. The van der Waals surface area contributed by atoms with Crippen LogP contribution in [0.1, 0.15) is 24.0 Å². The minimum atomic E-state index is 0.214. The van der Waals surface area contributed by atoms with Gasteiger partial charge >= 0.3 is 0 Å². The molecule has 1 atom stereocenters. The third kappa shape index (κ3) is 4.59. The van der Waals surface area contributed by atoms with E-state index in [2.05, 4.69) is 47.4 Å². The Balaban J connectivity index is 1.51. The van der Waals surface area contributed by atoms with Crippen LogP contribution in [0, 0.1) is 5.92 Å². The summed E-state index contributed by atoms with van der Waals surface area (Å²) in [5, 5.41) is 9.83. The molecule has 3 rings (SSSR count). The minimum Gasteiger partial charge on any atom is -0.399 e. The number of likely N-dealkylation sites (tertiary alicyclic amines) is 1. The number of nitrogen functional groups attached to an aromatic ring is 1. The van der Waals surface area contributed by atoms with Crippen molar-refractivity contribution in [3.63, 3.8) is 0 Å². The van der Waals surface area contributed by atoms with Gasteiger partial charge in [-0.15, -0.1) is 0 Å². The van der Waals surface area contributed by atoms with Gasteiger partial charge in [0.15, 0.2) is 0 Å². The summed E-state index contributed by atoms with van der Waals surface area (Å²) >= 11 is 0. The first-order valence-corrected chi connectivity index (χ1v) is 8.98. The van der Waals surface area contributed by atoms with E-state index in [0.29, 0.717) is 0 Å². The van der Waals surface area contributed by atoms with Crippen LogP contribution in [0.25, 0.3) is 0 Å². The van der Waals surface area contributed by atoms with E-state index in [9.17, 15) is 5.11 Å². The lowest BCUT2D eigenvalue weighted by molar-refractivity contribution is 0.0865. The maximum absolute atomic E-state index is 9.83. The van der Waals surface area contributed by atoms with Gasteiger partial charge in [0, 0.05) is 11.7 Å². The van der Waals surface area contributed by atoms with Gasteiger partial charge in [-0.2, -0.15) is 0 Å². The summed E-state index contributed by atoms with van der Waals surface area (Å²) < 4.78 is 0. The Labute approximate surface area is 145 Å². The smallest absolute Gasteiger partial charge is 0.0590 e. The van der Waals surface area contributed by atoms with Crippen molar-refractivity contribution in [3.05, 3.63) is 65.7 Å². The second kappa shape index (κ2) is 8.32. The number of aliphatic hydroxyl groups excluding tert-OH is 1. The van der Waals surface area contributed by atoms with E-state index in [1.54, 1.807) is 0 Å². The first kappa shape index (κ1) is 17.0. The number of hydrogen-bond acceptors (Lipinski definition) is 3. The van der Waals surface area contributed by atoms with Gasteiger partial charge in [0.05, 0.1) is 6.61 Å². The number of anilines is 1. The Bertz CT molecular complexity index is 603. The first-order valence-electron chi connectivity index (χ1n) is 8.98. The van der Waals surface area contributed by atoms with E-state index in [1.807, 2.05) is 12.1 Å². The summed E-state index contributed by atoms with van der Waals surface area (Å²) in [4.78, 5) is 2.46. The number of nitrogens with zero attached hydrogens (tertiary/aromatic N) is 1. The third-order valence-corrected chi connectivity index (χ3v) is 5.19. The monoisotopic (exact) mass is 324 g/mol. The normalized spacial score (nSPS) is 17.7. The van der Waals surface area contributed by atoms with Gasteiger partial charge in [-0.25, -0.2) is 0 Å². The molecule has 1 aliphatic heterocycles. The Hall–Kier alpha value is -1.84. The summed E-state index contributed by atoms with van der Waals surface area (Å²) in [6, 6.07) is 19.0. The summed E-state index contributed by atoms with van der Waals surface area (Å²) in [7, 11) is 0. The summed E-state index contributed by atoms with van der Waals surface area (Å²) in [6.07, 6.45) is 4.50. The molecule has 3 nitrogen and oxygen atoms in total. The fraction of sp³-hybridized carbons (Fsp3) is 0.429. The van der Waals surface area contributed by atoms with Gasteiger partial charge in [0.1, 0.15) is 0 Å². The van der Waals surface area contributed by atoms with E-state index in [4.69, 9.17) is 5.73 Å². The van der Waals surface area contributed by atoms with Gasteiger partial charge in [-0.3, -0.25) is 4.90 Å². The maximum atomic E-state index is 9.83. The Morgan fingerprint density at radius 2 is 1.62 bits per heavy atom. The molecule has 1 saturated heterocycles. The van der Waals surface area contributed by atoms with Gasteiger partial charge < -0.3 is 10.8 Å². The molecule has 0 amide bonds. The van der Waals surface area contributed by atoms with E-state index in [0.717, 1.165) is 31.1 Å². The Morgan fingerprint density at radius 3 is 2.25 bits per heavy atom. The first-order chi connectivity index (χ1) is 11.7. The highest BCUT2D eigenvalue weighted by molar-refractivity contribution is 5.39. The van der Waals surface area contributed by atoms with Gasteiger partial charge in [0.2, 0.25) is 0 Å². The maximum Gasteiger partial charge on any atom is 0.0590 e. The molecule has 1 fully saturated rings. The highest BCUT2D eigenvalue weighted by atomic mass is 16.3. The molecule has 0 aromatic heterocycles. The third-order valence-electron chi connectivity index (χ3n) is 5.19. The average molecular weight is 324 g/mol. The minimum absolute atomic E-state index is 0.214. The van der Waals surface area contributed by atoms with Crippen LogP contribution in [0.3, 0.4) is 0 Å². The molecule has 1 unspecified atom stereocenters. The zero-order chi connectivity index (χ0) is 16.8. The van der Waals surface area contributed by atoms with Crippen LogP contribution in [0.4, 0.5) is 5.69 Å². The number of nitrogens with two attached hydrogens (primary N) is 1. The standard InChI is InChI=1S/C21H28N2O/c22-20-8-6-18(7-9-20)15-21(16-24)23-12-10-19(11-13-23)14-17-4-2-1-3-5-17/h1-9,19,21,24H,10-16,22H2. The second-order valence-corrected chi connectivity index (χ2v) is 6.95. The highest BCUT2D eigenvalue weighted by Gasteiger charge is 2.25. The highest BCUT2D eigenvalue weighted by Crippen LogP contribution is 2.24. The molecule has 24 heavy (non-hydrogen) atoms. The molecule has 1 aliphatic rings. The van der Waals surface area contributed by atoms with Crippen LogP contribution in [-0.2, 0) is 12.8 Å². The van der Waals surface area contributed by atoms with Crippen molar-refractivity contribution in [2.75, 3.05) is 25.4 Å². The van der Waals surface area contributed by atoms with Crippen LogP contribution in [-0.4, -0.2) is 35.7 Å². The summed E-state index contributed by atoms with van der Waals surface area (Å²) in [5.41, 5.74) is 9.23. The van der Waals surface area contributed by atoms with E-state index < -0.39 is 0 Å². The number of hydrogen-bond donors (Lipinski definition) is 2. The molecule has 0 bridgehead atoms. The van der Waals surface area contributed by atoms with Crippen molar-refractivity contribution in [2.24, 2.45) is 5.92 Å². The lowest BCUT2D eigenvalue weighted by Crippen LogP contribution is -2.44. The summed E-state index contributed by atoms with van der Waals surface area (Å²) in [6.45, 7) is 2.38. The molecule has 128 valence electrons. The van der Waals surface area contributed by atoms with Crippen LogP contribution >= 0.6 is 0 Å². The predicted octanol–water partition coefficient (Wildman–Crippen LogP) is 3.13. The van der Waals surface area contributed by atoms with Gasteiger partial charge in [-0.1, -0.05) is 42.5 Å². The van der Waals surface area contributed by atoms with Crippen molar-refractivity contribution in [1.29, 1.82) is 0 Å². The zero-order valence-corrected chi connectivity index (χ0v) is 14.3. The van der Waals surface area contributed by atoms with Crippen LogP contribution in [0.5, 0.6) is 0 Å². The van der Waals surface area contributed by atoms with Crippen LogP contribution in [0.2, 0.25) is 0 Å². The molecule has 0 spiro atoms. The van der Waals surface area contributed by atoms with Gasteiger partial charge in [0.25, 0.3) is 0 Å². The van der Waals surface area contributed by atoms with Crippen molar-refractivity contribution in [3.8, 4) is 0 Å². The molecular weight excluding hydrogens is 296 g/mol. The molecule has 0 saturated carbocycles. The lowest BCUT2D eigenvalue weighted by Gasteiger charge is -2.37. The number of aliphatic hydroxyl groups is 1. The second-order valence-electron chi connectivity index (χ2n) is 6.95. The van der Waals surface area contributed by atoms with Crippen molar-refractivity contribution >= 4 is 5.69 Å². The average Bonchev–Trinajstić information content (AvgIpc) is 2.63. The predicted molar refractivity (Wildman–Crippen MR) is 99.9 cm³/mol. The molecular formula is C21H28N2O. The van der Waals surface area contributed by atoms with E-state index in [1.165, 1.54) is 30.4 Å². The lowest BCUT2D eigenvalue weighted by atomic mass is 9.89. The van der Waals surface area contributed by atoms with Crippen molar-refractivity contribution < 1.29 is 5.11 Å². The topological polar surface area (TPSA) is 49.5 Å². The van der Waals surface area contributed by atoms with Crippen molar-refractivity contribution in [1.82, 2.24) is 4.90 Å². The Morgan fingerprint density at radius 1 is 0.958 bits per heavy atom. The summed E-state index contributed by atoms with van der Waals surface area (Å²) in [5.74, 6) is 0.763. The molecule has 2 aromatic carbocycles. The molecule has 0 radical (unpaired) electrons. The SMILES string of the molecule is Nc1ccc(CC(CO)N2CCC(Cc3ccccc3)CC2)cc1. The Kier molecular flexibility index (Phi) is 5.89. The molecule has 2 aromatic rings. The number of rotatable bonds is 6. The molecule has 0 aliphatic carbocycles.